The number of aromatic nitrogens is 3. The van der Waals surface area contributed by atoms with E-state index < -0.39 is 5.97 Å². The minimum Gasteiger partial charge on any atom is -0.478 e. The first-order valence-corrected chi connectivity index (χ1v) is 6.23. The van der Waals surface area contributed by atoms with Crippen LogP contribution in [-0.2, 0) is 0 Å². The minimum absolute atomic E-state index is 0.114. The van der Waals surface area contributed by atoms with E-state index in [-0.39, 0.29) is 11.5 Å². The van der Waals surface area contributed by atoms with Crippen molar-refractivity contribution in [1.29, 1.82) is 0 Å². The van der Waals surface area contributed by atoms with Crippen LogP contribution >= 0.6 is 15.9 Å². The average molecular weight is 310 g/mol. The quantitative estimate of drug-likeness (QED) is 0.946. The molecule has 0 fully saturated rings. The number of hydrogen-bond acceptors (Lipinski definition) is 3. The van der Waals surface area contributed by atoms with Gasteiger partial charge in [0.2, 0.25) is 0 Å². The van der Waals surface area contributed by atoms with Crippen LogP contribution in [0.15, 0.2) is 29.0 Å². The zero-order chi connectivity index (χ0) is 13.3. The predicted molar refractivity (Wildman–Crippen MR) is 70.1 cm³/mol. The number of pyridine rings is 1. The van der Waals surface area contributed by atoms with E-state index in [4.69, 9.17) is 5.11 Å². The van der Waals surface area contributed by atoms with Crippen LogP contribution < -0.4 is 0 Å². The van der Waals surface area contributed by atoms with E-state index >= 15 is 0 Å². The van der Waals surface area contributed by atoms with Crippen LogP contribution in [0.2, 0.25) is 0 Å². The van der Waals surface area contributed by atoms with Gasteiger partial charge in [-0.2, -0.15) is 5.10 Å². The lowest BCUT2D eigenvalue weighted by atomic mass is 10.1. The topological polar surface area (TPSA) is 68.0 Å². The smallest absolute Gasteiger partial charge is 0.339 e. The van der Waals surface area contributed by atoms with Gasteiger partial charge >= 0.3 is 5.97 Å². The molecule has 2 rings (SSSR count). The third-order valence-corrected chi connectivity index (χ3v) is 2.92. The molecule has 0 aliphatic heterocycles. The fourth-order valence-electron chi connectivity index (χ4n) is 1.54. The SMILES string of the molecule is CC(C)c1ccn(-c2ncc(Br)cc2C(=O)O)n1. The molecule has 5 nitrogen and oxygen atoms in total. The summed E-state index contributed by atoms with van der Waals surface area (Å²) in [7, 11) is 0. The van der Waals surface area contributed by atoms with Crippen LogP contribution in [0.25, 0.3) is 5.82 Å². The first-order chi connectivity index (χ1) is 8.49. The van der Waals surface area contributed by atoms with Gasteiger partial charge in [-0.15, -0.1) is 0 Å². The number of carboxylic acids is 1. The molecule has 1 N–H and O–H groups in total. The molecule has 0 radical (unpaired) electrons. The molecular weight excluding hydrogens is 298 g/mol. The highest BCUT2D eigenvalue weighted by Crippen LogP contribution is 2.19. The molecule has 0 atom stereocenters. The lowest BCUT2D eigenvalue weighted by molar-refractivity contribution is 0.0696. The molecular formula is C12H12BrN3O2. The zero-order valence-electron chi connectivity index (χ0n) is 9.96. The normalized spacial score (nSPS) is 10.9. The van der Waals surface area contributed by atoms with Gasteiger partial charge in [0.15, 0.2) is 5.82 Å². The fourth-order valence-corrected chi connectivity index (χ4v) is 1.87. The second-order valence-electron chi connectivity index (χ2n) is 4.17. The Morgan fingerprint density at radius 3 is 2.78 bits per heavy atom. The van der Waals surface area contributed by atoms with Crippen LogP contribution in [0, 0.1) is 0 Å². The molecule has 18 heavy (non-hydrogen) atoms. The third kappa shape index (κ3) is 2.43. The van der Waals surface area contributed by atoms with Gasteiger partial charge in [-0.05, 0) is 34.0 Å². The van der Waals surface area contributed by atoms with E-state index in [0.29, 0.717) is 10.3 Å². The molecule has 0 aliphatic carbocycles. The second-order valence-corrected chi connectivity index (χ2v) is 5.09. The summed E-state index contributed by atoms with van der Waals surface area (Å²) in [6.07, 6.45) is 3.27. The van der Waals surface area contributed by atoms with Crippen molar-refractivity contribution in [2.45, 2.75) is 19.8 Å². The van der Waals surface area contributed by atoms with E-state index in [1.807, 2.05) is 19.9 Å². The highest BCUT2D eigenvalue weighted by atomic mass is 79.9. The summed E-state index contributed by atoms with van der Waals surface area (Å²) in [5, 5.41) is 13.5. The van der Waals surface area contributed by atoms with Crippen LogP contribution in [-0.4, -0.2) is 25.8 Å². The Morgan fingerprint density at radius 1 is 1.50 bits per heavy atom. The van der Waals surface area contributed by atoms with Crippen LogP contribution in [0.1, 0.15) is 35.8 Å². The summed E-state index contributed by atoms with van der Waals surface area (Å²) in [5.41, 5.74) is 1.01. The number of rotatable bonds is 3. The van der Waals surface area contributed by atoms with E-state index in [1.54, 1.807) is 12.4 Å². The Hall–Kier alpha value is -1.69. The summed E-state index contributed by atoms with van der Waals surface area (Å²) >= 11 is 3.21. The second kappa shape index (κ2) is 4.89. The summed E-state index contributed by atoms with van der Waals surface area (Å²) in [6, 6.07) is 3.38. The maximum absolute atomic E-state index is 11.2. The first-order valence-electron chi connectivity index (χ1n) is 5.44. The van der Waals surface area contributed by atoms with Gasteiger partial charge < -0.3 is 5.11 Å². The zero-order valence-corrected chi connectivity index (χ0v) is 11.5. The monoisotopic (exact) mass is 309 g/mol. The largest absolute Gasteiger partial charge is 0.478 e. The van der Waals surface area contributed by atoms with Crippen LogP contribution in [0.5, 0.6) is 0 Å². The summed E-state index contributed by atoms with van der Waals surface area (Å²) in [4.78, 5) is 15.3. The Balaban J connectivity index is 2.52. The van der Waals surface area contributed by atoms with Crippen molar-refractivity contribution in [3.05, 3.63) is 40.3 Å². The van der Waals surface area contributed by atoms with Crippen molar-refractivity contribution in [2.24, 2.45) is 0 Å². The molecule has 0 aliphatic rings. The lowest BCUT2D eigenvalue weighted by Crippen LogP contribution is -2.08. The Morgan fingerprint density at radius 2 is 2.22 bits per heavy atom. The van der Waals surface area contributed by atoms with Crippen LogP contribution in [0.3, 0.4) is 0 Å². The van der Waals surface area contributed by atoms with Crippen molar-refractivity contribution < 1.29 is 9.90 Å². The number of hydrogen-bond donors (Lipinski definition) is 1. The molecule has 0 bridgehead atoms. The average Bonchev–Trinajstić information content (AvgIpc) is 2.78. The molecule has 0 amide bonds. The van der Waals surface area contributed by atoms with Gasteiger partial charge in [-0.1, -0.05) is 13.8 Å². The van der Waals surface area contributed by atoms with Gasteiger partial charge in [-0.25, -0.2) is 14.5 Å². The molecule has 6 heteroatoms. The minimum atomic E-state index is -1.03. The summed E-state index contributed by atoms with van der Waals surface area (Å²) in [6.45, 7) is 4.06. The van der Waals surface area contributed by atoms with E-state index in [2.05, 4.69) is 26.0 Å². The van der Waals surface area contributed by atoms with Crippen LogP contribution in [0.4, 0.5) is 0 Å². The lowest BCUT2D eigenvalue weighted by Gasteiger charge is -2.05. The molecule has 2 aromatic heterocycles. The van der Waals surface area contributed by atoms with E-state index in [9.17, 15) is 4.79 Å². The Kier molecular flexibility index (Phi) is 3.47. The summed E-state index contributed by atoms with van der Waals surface area (Å²) < 4.78 is 2.12. The molecule has 94 valence electrons. The first kappa shape index (κ1) is 12.8. The maximum atomic E-state index is 11.2. The molecule has 2 heterocycles. The van der Waals surface area contributed by atoms with Gasteiger partial charge in [0.25, 0.3) is 0 Å². The molecule has 0 saturated carbocycles. The number of halogens is 1. The highest BCUT2D eigenvalue weighted by Gasteiger charge is 2.15. The van der Waals surface area contributed by atoms with E-state index in [0.717, 1.165) is 5.69 Å². The predicted octanol–water partition coefficient (Wildman–Crippen LogP) is 2.85. The van der Waals surface area contributed by atoms with Crippen molar-refractivity contribution in [2.75, 3.05) is 0 Å². The maximum Gasteiger partial charge on any atom is 0.339 e. The number of aromatic carboxylic acids is 1. The number of carbonyl (C=O) groups is 1. The molecule has 0 saturated heterocycles. The number of carboxylic acid groups (broad SMARTS) is 1. The van der Waals surface area contributed by atoms with Gasteiger partial charge in [0.1, 0.15) is 5.56 Å². The highest BCUT2D eigenvalue weighted by molar-refractivity contribution is 9.10. The van der Waals surface area contributed by atoms with Crippen molar-refractivity contribution in [3.8, 4) is 5.82 Å². The Labute approximate surface area is 113 Å². The van der Waals surface area contributed by atoms with Crippen molar-refractivity contribution >= 4 is 21.9 Å². The van der Waals surface area contributed by atoms with Crippen molar-refractivity contribution in [3.63, 3.8) is 0 Å². The summed E-state index contributed by atoms with van der Waals surface area (Å²) in [5.74, 6) is -0.423. The van der Waals surface area contributed by atoms with Gasteiger partial charge in [0.05, 0.1) is 5.69 Å². The molecule has 0 spiro atoms. The van der Waals surface area contributed by atoms with Crippen molar-refractivity contribution in [1.82, 2.24) is 14.8 Å². The standard InChI is InChI=1S/C12H12BrN3O2/c1-7(2)10-3-4-16(15-10)11-9(12(17)18)5-8(13)6-14-11/h3-7H,1-2H3,(H,17,18). The van der Waals surface area contributed by atoms with Gasteiger partial charge in [-0.3, -0.25) is 0 Å². The van der Waals surface area contributed by atoms with Gasteiger partial charge in [0, 0.05) is 16.9 Å². The molecule has 2 aromatic rings. The third-order valence-electron chi connectivity index (χ3n) is 2.48. The molecule has 0 unspecified atom stereocenters. The fraction of sp³-hybridized carbons (Fsp3) is 0.250. The van der Waals surface area contributed by atoms with E-state index in [1.165, 1.54) is 10.7 Å². The number of nitrogens with zero attached hydrogens (tertiary/aromatic N) is 3. The Bertz CT molecular complexity index is 593. The molecule has 0 aromatic carbocycles.